The zero-order chi connectivity index (χ0) is 19.8. The van der Waals surface area contributed by atoms with E-state index < -0.39 is 0 Å². The molecule has 3 aromatic rings. The fourth-order valence-electron chi connectivity index (χ4n) is 2.55. The lowest BCUT2D eigenvalue weighted by atomic mass is 10.2. The van der Waals surface area contributed by atoms with Crippen LogP contribution in [0, 0.1) is 0 Å². The molecule has 0 saturated heterocycles. The lowest BCUT2D eigenvalue weighted by Gasteiger charge is -2.09. The summed E-state index contributed by atoms with van der Waals surface area (Å²) in [6.45, 7) is 7.29. The van der Waals surface area contributed by atoms with E-state index in [4.69, 9.17) is 9.15 Å². The molecule has 0 aliphatic heterocycles. The summed E-state index contributed by atoms with van der Waals surface area (Å²) in [6.07, 6.45) is 3.36. The van der Waals surface area contributed by atoms with Crippen LogP contribution in [0.1, 0.15) is 12.7 Å². The van der Waals surface area contributed by atoms with E-state index in [9.17, 15) is 4.79 Å². The first-order chi connectivity index (χ1) is 13.7. The Labute approximate surface area is 167 Å². The van der Waals surface area contributed by atoms with Crippen molar-refractivity contribution in [3.05, 3.63) is 61.1 Å². The molecule has 0 saturated carbocycles. The summed E-state index contributed by atoms with van der Waals surface area (Å²) in [5.41, 5.74) is 0.923. The number of hydrogen-bond acceptors (Lipinski definition) is 6. The lowest BCUT2D eigenvalue weighted by molar-refractivity contribution is -0.118. The second-order valence-corrected chi connectivity index (χ2v) is 6.75. The van der Waals surface area contributed by atoms with Gasteiger partial charge in [-0.1, -0.05) is 17.8 Å². The molecule has 0 radical (unpaired) electrons. The molecule has 1 amide bonds. The van der Waals surface area contributed by atoms with Crippen LogP contribution in [0.3, 0.4) is 0 Å². The molecule has 28 heavy (non-hydrogen) atoms. The highest BCUT2D eigenvalue weighted by molar-refractivity contribution is 7.99. The maximum absolute atomic E-state index is 12.1. The highest BCUT2D eigenvalue weighted by atomic mass is 32.2. The first kappa shape index (κ1) is 19.8. The van der Waals surface area contributed by atoms with E-state index in [0.717, 1.165) is 17.1 Å². The Kier molecular flexibility index (Phi) is 6.91. The van der Waals surface area contributed by atoms with Crippen LogP contribution >= 0.6 is 11.8 Å². The largest absolute Gasteiger partial charge is 0.494 e. The molecule has 3 rings (SSSR count). The van der Waals surface area contributed by atoms with E-state index in [1.807, 2.05) is 41.8 Å². The molecule has 0 aliphatic rings. The predicted octanol–water partition coefficient (Wildman–Crippen LogP) is 3.53. The van der Waals surface area contributed by atoms with Crippen molar-refractivity contribution in [3.8, 4) is 17.1 Å². The highest BCUT2D eigenvalue weighted by Gasteiger charge is 2.15. The number of furan rings is 1. The standard InChI is InChI=1S/C20H22N4O3S/c1-3-11-24-19(15-7-9-16(10-8-15)26-4-2)22-23-20(24)28-14-18(25)21-13-17-6-5-12-27-17/h3,5-10,12H,1,4,11,13-14H2,2H3,(H,21,25). The van der Waals surface area contributed by atoms with Crippen molar-refractivity contribution in [2.75, 3.05) is 12.4 Å². The molecule has 1 N–H and O–H groups in total. The molecule has 0 bridgehead atoms. The van der Waals surface area contributed by atoms with Gasteiger partial charge >= 0.3 is 0 Å². The van der Waals surface area contributed by atoms with Crippen molar-refractivity contribution in [3.63, 3.8) is 0 Å². The van der Waals surface area contributed by atoms with Gasteiger partial charge < -0.3 is 14.5 Å². The number of rotatable bonds is 10. The maximum Gasteiger partial charge on any atom is 0.230 e. The summed E-state index contributed by atoms with van der Waals surface area (Å²) in [4.78, 5) is 12.1. The molecule has 7 nitrogen and oxygen atoms in total. The van der Waals surface area contributed by atoms with Gasteiger partial charge in [0.05, 0.1) is 25.2 Å². The third-order valence-electron chi connectivity index (χ3n) is 3.82. The highest BCUT2D eigenvalue weighted by Crippen LogP contribution is 2.25. The SMILES string of the molecule is C=CCn1c(SCC(=O)NCc2ccco2)nnc1-c1ccc(OCC)cc1. The van der Waals surface area contributed by atoms with Gasteiger partial charge in [0.2, 0.25) is 5.91 Å². The van der Waals surface area contributed by atoms with E-state index in [2.05, 4.69) is 22.1 Å². The number of nitrogens with one attached hydrogen (secondary N) is 1. The molecule has 146 valence electrons. The van der Waals surface area contributed by atoms with Gasteiger partial charge in [-0.2, -0.15) is 0 Å². The topological polar surface area (TPSA) is 82.2 Å². The van der Waals surface area contributed by atoms with Crippen LogP contribution in [-0.2, 0) is 17.9 Å². The van der Waals surface area contributed by atoms with Crippen LogP contribution in [-0.4, -0.2) is 33.0 Å². The molecule has 0 spiro atoms. The van der Waals surface area contributed by atoms with Crippen LogP contribution in [0.15, 0.2) is 64.9 Å². The van der Waals surface area contributed by atoms with E-state index >= 15 is 0 Å². The fraction of sp³-hybridized carbons (Fsp3) is 0.250. The summed E-state index contributed by atoms with van der Waals surface area (Å²) < 4.78 is 12.6. The molecule has 0 fully saturated rings. The minimum absolute atomic E-state index is 0.0998. The molecule has 0 unspecified atom stereocenters. The van der Waals surface area contributed by atoms with Crippen molar-refractivity contribution >= 4 is 17.7 Å². The van der Waals surface area contributed by atoms with Gasteiger partial charge in [0.1, 0.15) is 11.5 Å². The van der Waals surface area contributed by atoms with E-state index in [-0.39, 0.29) is 11.7 Å². The number of carbonyl (C=O) groups is 1. The fourth-order valence-corrected chi connectivity index (χ4v) is 3.33. The Morgan fingerprint density at radius 3 is 2.82 bits per heavy atom. The van der Waals surface area contributed by atoms with Crippen LogP contribution < -0.4 is 10.1 Å². The van der Waals surface area contributed by atoms with Gasteiger partial charge in [0.15, 0.2) is 11.0 Å². The Hall–Kier alpha value is -3.00. The van der Waals surface area contributed by atoms with Crippen molar-refractivity contribution in [1.29, 1.82) is 0 Å². The Balaban J connectivity index is 1.66. The predicted molar refractivity (Wildman–Crippen MR) is 108 cm³/mol. The average Bonchev–Trinajstić information content (AvgIpc) is 3.36. The van der Waals surface area contributed by atoms with E-state index in [1.165, 1.54) is 11.8 Å². The number of nitrogens with zero attached hydrogens (tertiary/aromatic N) is 3. The zero-order valence-corrected chi connectivity index (χ0v) is 16.4. The molecular weight excluding hydrogens is 376 g/mol. The minimum Gasteiger partial charge on any atom is -0.494 e. The van der Waals surface area contributed by atoms with E-state index in [0.29, 0.717) is 30.6 Å². The van der Waals surface area contributed by atoms with Gasteiger partial charge in [-0.3, -0.25) is 9.36 Å². The third-order valence-corrected chi connectivity index (χ3v) is 4.79. The van der Waals surface area contributed by atoms with Gasteiger partial charge in [-0.05, 0) is 43.3 Å². The molecular formula is C20H22N4O3S. The first-order valence-corrected chi connectivity index (χ1v) is 9.89. The summed E-state index contributed by atoms with van der Waals surface area (Å²) in [6, 6.07) is 11.3. The van der Waals surface area contributed by atoms with Gasteiger partial charge in [0, 0.05) is 12.1 Å². The summed E-state index contributed by atoms with van der Waals surface area (Å²) in [5, 5.41) is 12.0. The van der Waals surface area contributed by atoms with Crippen LogP contribution in [0.4, 0.5) is 0 Å². The van der Waals surface area contributed by atoms with Crippen molar-refractivity contribution in [2.24, 2.45) is 0 Å². The number of aromatic nitrogens is 3. The van der Waals surface area contributed by atoms with E-state index in [1.54, 1.807) is 18.4 Å². The number of amides is 1. The van der Waals surface area contributed by atoms with Gasteiger partial charge in [0.25, 0.3) is 0 Å². The summed E-state index contributed by atoms with van der Waals surface area (Å²) >= 11 is 1.33. The Morgan fingerprint density at radius 1 is 1.32 bits per heavy atom. The maximum atomic E-state index is 12.1. The van der Waals surface area contributed by atoms with Crippen LogP contribution in [0.25, 0.3) is 11.4 Å². The van der Waals surface area contributed by atoms with Crippen molar-refractivity contribution in [1.82, 2.24) is 20.1 Å². The van der Waals surface area contributed by atoms with Gasteiger partial charge in [-0.25, -0.2) is 0 Å². The molecule has 1 aromatic carbocycles. The second-order valence-electron chi connectivity index (χ2n) is 5.81. The monoisotopic (exact) mass is 398 g/mol. The van der Waals surface area contributed by atoms with Gasteiger partial charge in [-0.15, -0.1) is 16.8 Å². The Morgan fingerprint density at radius 2 is 2.14 bits per heavy atom. The second kappa shape index (κ2) is 9.80. The zero-order valence-electron chi connectivity index (χ0n) is 15.6. The lowest BCUT2D eigenvalue weighted by Crippen LogP contribution is -2.24. The minimum atomic E-state index is -0.0998. The number of ether oxygens (including phenoxy) is 1. The number of thioether (sulfide) groups is 1. The molecule has 2 heterocycles. The van der Waals surface area contributed by atoms with Crippen molar-refractivity contribution in [2.45, 2.75) is 25.2 Å². The number of hydrogen-bond donors (Lipinski definition) is 1. The summed E-state index contributed by atoms with van der Waals surface area (Å²) in [5.74, 6) is 2.38. The number of carbonyl (C=O) groups excluding carboxylic acids is 1. The third kappa shape index (κ3) is 5.04. The normalized spacial score (nSPS) is 10.6. The smallest absolute Gasteiger partial charge is 0.230 e. The van der Waals surface area contributed by atoms with Crippen LogP contribution in [0.5, 0.6) is 5.75 Å². The van der Waals surface area contributed by atoms with Crippen LogP contribution in [0.2, 0.25) is 0 Å². The molecule has 0 atom stereocenters. The number of allylic oxidation sites excluding steroid dienone is 1. The number of benzene rings is 1. The first-order valence-electron chi connectivity index (χ1n) is 8.90. The molecule has 0 aliphatic carbocycles. The average molecular weight is 398 g/mol. The Bertz CT molecular complexity index is 904. The van der Waals surface area contributed by atoms with Crippen molar-refractivity contribution < 1.29 is 13.9 Å². The molecule has 2 aromatic heterocycles. The summed E-state index contributed by atoms with van der Waals surface area (Å²) in [7, 11) is 0. The quantitative estimate of drug-likeness (QED) is 0.416. The molecule has 8 heteroatoms.